The van der Waals surface area contributed by atoms with Crippen LogP contribution >= 0.6 is 0 Å². The highest BCUT2D eigenvalue weighted by atomic mass is 16.3. The van der Waals surface area contributed by atoms with Crippen LogP contribution in [0.15, 0.2) is 30.5 Å². The molecule has 0 atom stereocenters. The Morgan fingerprint density at radius 2 is 2.16 bits per heavy atom. The van der Waals surface area contributed by atoms with Crippen LogP contribution in [0, 0.1) is 0 Å². The maximum Gasteiger partial charge on any atom is 0.263 e. The summed E-state index contributed by atoms with van der Waals surface area (Å²) < 4.78 is 0. The lowest BCUT2D eigenvalue weighted by molar-refractivity contribution is 0.0989. The number of aliphatic hydroxyl groups excluding tert-OH is 1. The van der Waals surface area contributed by atoms with Crippen LogP contribution in [0.3, 0.4) is 0 Å². The van der Waals surface area contributed by atoms with Crippen LogP contribution < -0.4 is 15.1 Å². The lowest BCUT2D eigenvalue weighted by Crippen LogP contribution is -2.33. The van der Waals surface area contributed by atoms with Crippen molar-refractivity contribution in [1.29, 1.82) is 0 Å². The second-order valence-electron chi connectivity index (χ2n) is 5.98. The van der Waals surface area contributed by atoms with Crippen LogP contribution in [0.5, 0.6) is 0 Å². The minimum atomic E-state index is -0.108. The number of hydrogen-bond donors (Lipinski definition) is 2. The molecular weight excluding hydrogens is 318 g/mol. The highest BCUT2D eigenvalue weighted by Crippen LogP contribution is 2.26. The summed E-state index contributed by atoms with van der Waals surface area (Å²) in [7, 11) is 1.93. The molecule has 0 saturated heterocycles. The highest BCUT2D eigenvalue weighted by molar-refractivity contribution is 6.09. The SMILES string of the molecule is CCNc1ncc2c(n1)N(C)CCN(c1cccc(CCO)c1)C2=O. The first-order valence-electron chi connectivity index (χ1n) is 8.47. The third kappa shape index (κ3) is 3.56. The normalized spacial score (nSPS) is 14.3. The average molecular weight is 341 g/mol. The molecule has 2 heterocycles. The second kappa shape index (κ2) is 7.48. The van der Waals surface area contributed by atoms with Gasteiger partial charge in [-0.15, -0.1) is 0 Å². The van der Waals surface area contributed by atoms with E-state index in [1.54, 1.807) is 11.1 Å². The number of carbonyl (C=O) groups excluding carboxylic acids is 1. The van der Waals surface area contributed by atoms with Crippen molar-refractivity contribution in [1.82, 2.24) is 9.97 Å². The van der Waals surface area contributed by atoms with E-state index in [2.05, 4.69) is 15.3 Å². The van der Waals surface area contributed by atoms with Crippen molar-refractivity contribution in [3.05, 3.63) is 41.6 Å². The summed E-state index contributed by atoms with van der Waals surface area (Å²) in [6.07, 6.45) is 2.16. The van der Waals surface area contributed by atoms with Crippen molar-refractivity contribution in [3.8, 4) is 0 Å². The van der Waals surface area contributed by atoms with Gasteiger partial charge in [0.05, 0.1) is 0 Å². The van der Waals surface area contributed by atoms with Crippen LogP contribution in [0.1, 0.15) is 22.8 Å². The van der Waals surface area contributed by atoms with Crippen LogP contribution in [0.25, 0.3) is 0 Å². The maximum absolute atomic E-state index is 13.1. The number of amides is 1. The number of nitrogens with one attached hydrogen (secondary N) is 1. The van der Waals surface area contributed by atoms with E-state index in [9.17, 15) is 4.79 Å². The number of carbonyl (C=O) groups is 1. The number of rotatable bonds is 5. The van der Waals surface area contributed by atoms with E-state index in [0.717, 1.165) is 17.8 Å². The molecule has 0 aliphatic carbocycles. The molecule has 1 aliphatic rings. The largest absolute Gasteiger partial charge is 0.396 e. The lowest BCUT2D eigenvalue weighted by atomic mass is 10.1. The number of hydrogen-bond acceptors (Lipinski definition) is 6. The topological polar surface area (TPSA) is 81.6 Å². The zero-order valence-corrected chi connectivity index (χ0v) is 14.6. The van der Waals surface area contributed by atoms with Gasteiger partial charge in [-0.2, -0.15) is 4.98 Å². The molecular formula is C18H23N5O2. The third-order valence-electron chi connectivity index (χ3n) is 4.22. The van der Waals surface area contributed by atoms with E-state index in [1.807, 2.05) is 43.1 Å². The number of likely N-dealkylation sites (N-methyl/N-ethyl adjacent to an activating group) is 1. The summed E-state index contributed by atoms with van der Waals surface area (Å²) >= 11 is 0. The van der Waals surface area contributed by atoms with Gasteiger partial charge in [-0.1, -0.05) is 12.1 Å². The van der Waals surface area contributed by atoms with Crippen molar-refractivity contribution in [2.75, 3.05) is 48.4 Å². The molecule has 0 spiro atoms. The van der Waals surface area contributed by atoms with E-state index in [0.29, 0.717) is 36.8 Å². The van der Waals surface area contributed by atoms with Crippen molar-refractivity contribution in [2.24, 2.45) is 0 Å². The molecule has 7 heteroatoms. The Bertz CT molecular complexity index is 765. The predicted molar refractivity (Wildman–Crippen MR) is 98.4 cm³/mol. The average Bonchev–Trinajstić information content (AvgIpc) is 2.73. The van der Waals surface area contributed by atoms with Gasteiger partial charge in [0.2, 0.25) is 5.95 Å². The molecule has 0 unspecified atom stereocenters. The van der Waals surface area contributed by atoms with Crippen LogP contribution in [0.4, 0.5) is 17.5 Å². The fraction of sp³-hybridized carbons (Fsp3) is 0.389. The summed E-state index contributed by atoms with van der Waals surface area (Å²) in [6.45, 7) is 4.02. The van der Waals surface area contributed by atoms with Gasteiger partial charge in [-0.25, -0.2) is 4.98 Å². The highest BCUT2D eigenvalue weighted by Gasteiger charge is 2.28. The Morgan fingerprint density at radius 3 is 2.92 bits per heavy atom. The van der Waals surface area contributed by atoms with Crippen molar-refractivity contribution in [2.45, 2.75) is 13.3 Å². The van der Waals surface area contributed by atoms with E-state index < -0.39 is 0 Å². The van der Waals surface area contributed by atoms with Crippen LogP contribution in [-0.4, -0.2) is 54.3 Å². The quantitative estimate of drug-likeness (QED) is 0.859. The number of aromatic nitrogens is 2. The molecule has 1 aliphatic heterocycles. The first kappa shape index (κ1) is 17.2. The number of fused-ring (bicyclic) bond motifs is 1. The third-order valence-corrected chi connectivity index (χ3v) is 4.22. The van der Waals surface area contributed by atoms with Gasteiger partial charge < -0.3 is 20.2 Å². The Hall–Kier alpha value is -2.67. The summed E-state index contributed by atoms with van der Waals surface area (Å²) in [5, 5.41) is 12.2. The minimum Gasteiger partial charge on any atom is -0.396 e. The van der Waals surface area contributed by atoms with Crippen LogP contribution in [0.2, 0.25) is 0 Å². The van der Waals surface area contributed by atoms with E-state index in [4.69, 9.17) is 5.11 Å². The zero-order valence-electron chi connectivity index (χ0n) is 14.6. The van der Waals surface area contributed by atoms with Gasteiger partial charge >= 0.3 is 0 Å². The first-order chi connectivity index (χ1) is 12.1. The summed E-state index contributed by atoms with van der Waals surface area (Å²) in [6, 6.07) is 7.73. The van der Waals surface area contributed by atoms with Gasteiger partial charge in [0.1, 0.15) is 11.4 Å². The molecule has 3 rings (SSSR count). The predicted octanol–water partition coefficient (Wildman–Crippen LogP) is 1.54. The maximum atomic E-state index is 13.1. The van der Waals surface area contributed by atoms with Gasteiger partial charge in [-0.05, 0) is 31.0 Å². The molecule has 2 aromatic rings. The Labute approximate surface area is 147 Å². The fourth-order valence-corrected chi connectivity index (χ4v) is 2.92. The van der Waals surface area contributed by atoms with Crippen molar-refractivity contribution in [3.63, 3.8) is 0 Å². The number of nitrogens with zero attached hydrogens (tertiary/aromatic N) is 4. The monoisotopic (exact) mass is 341 g/mol. The van der Waals surface area contributed by atoms with E-state index >= 15 is 0 Å². The van der Waals surface area contributed by atoms with Crippen molar-refractivity contribution >= 4 is 23.4 Å². The van der Waals surface area contributed by atoms with Gasteiger partial charge in [0, 0.05) is 45.2 Å². The van der Waals surface area contributed by atoms with Gasteiger partial charge in [-0.3, -0.25) is 4.79 Å². The summed E-state index contributed by atoms with van der Waals surface area (Å²) in [5.74, 6) is 1.06. The Kier molecular flexibility index (Phi) is 5.14. The smallest absolute Gasteiger partial charge is 0.263 e. The van der Waals surface area contributed by atoms with Gasteiger partial charge in [0.15, 0.2) is 0 Å². The number of benzene rings is 1. The Morgan fingerprint density at radius 1 is 1.32 bits per heavy atom. The molecule has 25 heavy (non-hydrogen) atoms. The molecule has 2 N–H and O–H groups in total. The first-order valence-corrected chi connectivity index (χ1v) is 8.47. The molecule has 7 nitrogen and oxygen atoms in total. The lowest BCUT2D eigenvalue weighted by Gasteiger charge is -2.21. The molecule has 0 radical (unpaired) electrons. The standard InChI is InChI=1S/C18H23N5O2/c1-3-19-18-20-12-15-16(21-18)22(2)8-9-23(17(15)25)14-6-4-5-13(11-14)7-10-24/h4-6,11-12,24H,3,7-10H2,1-2H3,(H,19,20,21). The number of aliphatic hydroxyl groups is 1. The number of anilines is 3. The Balaban J connectivity index is 1.96. The summed E-state index contributed by atoms with van der Waals surface area (Å²) in [4.78, 5) is 25.5. The second-order valence-corrected chi connectivity index (χ2v) is 5.98. The molecule has 0 saturated carbocycles. The molecule has 1 amide bonds. The molecule has 0 fully saturated rings. The molecule has 1 aromatic heterocycles. The van der Waals surface area contributed by atoms with E-state index in [1.165, 1.54) is 0 Å². The molecule has 132 valence electrons. The summed E-state index contributed by atoms with van der Waals surface area (Å²) in [5.41, 5.74) is 2.33. The fourth-order valence-electron chi connectivity index (χ4n) is 2.92. The van der Waals surface area contributed by atoms with E-state index in [-0.39, 0.29) is 12.5 Å². The zero-order chi connectivity index (χ0) is 17.8. The minimum absolute atomic E-state index is 0.0873. The van der Waals surface area contributed by atoms with Gasteiger partial charge in [0.25, 0.3) is 5.91 Å². The molecule has 0 bridgehead atoms. The van der Waals surface area contributed by atoms with Crippen LogP contribution in [-0.2, 0) is 6.42 Å². The molecule has 1 aromatic carbocycles. The van der Waals surface area contributed by atoms with Crippen molar-refractivity contribution < 1.29 is 9.90 Å².